The number of fused-ring (bicyclic) bond motifs is 6. The quantitative estimate of drug-likeness (QED) is 0.498. The third kappa shape index (κ3) is 4.33. The second-order valence-corrected chi connectivity index (χ2v) is 11.2. The van der Waals surface area contributed by atoms with Crippen LogP contribution in [0.2, 0.25) is 0 Å². The number of hydrogen-bond donors (Lipinski definition) is 2. The molecule has 0 aromatic heterocycles. The summed E-state index contributed by atoms with van der Waals surface area (Å²) in [7, 11) is -3.19. The number of nitrogens with one attached hydrogen (secondary N) is 1. The predicted molar refractivity (Wildman–Crippen MR) is 140 cm³/mol. The highest BCUT2D eigenvalue weighted by atomic mass is 32.2. The normalized spacial score (nSPS) is 17.6. The molecule has 0 bridgehead atoms. The van der Waals surface area contributed by atoms with E-state index in [1.54, 1.807) is 6.07 Å². The summed E-state index contributed by atoms with van der Waals surface area (Å²) >= 11 is 0. The van der Waals surface area contributed by atoms with E-state index in [9.17, 15) is 8.42 Å². The van der Waals surface area contributed by atoms with Crippen molar-refractivity contribution in [1.82, 2.24) is 5.32 Å². The van der Waals surface area contributed by atoms with Crippen LogP contribution < -0.4 is 11.1 Å². The molecule has 0 fully saturated rings. The van der Waals surface area contributed by atoms with Crippen molar-refractivity contribution in [3.63, 3.8) is 0 Å². The van der Waals surface area contributed by atoms with Crippen molar-refractivity contribution in [2.45, 2.75) is 43.0 Å². The minimum atomic E-state index is -3.19. The number of hydrogen-bond acceptors (Lipinski definition) is 4. The lowest BCUT2D eigenvalue weighted by atomic mass is 9.77. The molecule has 5 heteroatoms. The smallest absolute Gasteiger partial charge is 0.175 e. The van der Waals surface area contributed by atoms with E-state index >= 15 is 0 Å². The second kappa shape index (κ2) is 9.24. The molecule has 3 aromatic rings. The van der Waals surface area contributed by atoms with E-state index in [0.29, 0.717) is 4.90 Å². The highest BCUT2D eigenvalue weighted by Gasteiger charge is 2.27. The Kier molecular flexibility index (Phi) is 6.15. The third-order valence-corrected chi connectivity index (χ3v) is 8.15. The topological polar surface area (TPSA) is 72.2 Å². The Labute approximate surface area is 202 Å². The summed E-state index contributed by atoms with van der Waals surface area (Å²) in [5.74, 6) is 0. The minimum absolute atomic E-state index is 0.146. The van der Waals surface area contributed by atoms with Crippen LogP contribution in [0.4, 0.5) is 0 Å². The van der Waals surface area contributed by atoms with Gasteiger partial charge in [0.25, 0.3) is 0 Å². The maximum absolute atomic E-state index is 12.1. The van der Waals surface area contributed by atoms with Gasteiger partial charge in [0.15, 0.2) is 9.84 Å². The molecule has 1 aliphatic heterocycles. The molecule has 0 radical (unpaired) electrons. The Hall–Kier alpha value is -3.15. The minimum Gasteiger partial charge on any atom is -0.368 e. The fourth-order valence-electron chi connectivity index (χ4n) is 5.36. The third-order valence-electron chi connectivity index (χ3n) is 6.97. The summed E-state index contributed by atoms with van der Waals surface area (Å²) in [4.78, 5) is 0.482. The summed E-state index contributed by atoms with van der Waals surface area (Å²) in [6, 6.07) is 18.4. The van der Waals surface area contributed by atoms with Crippen LogP contribution >= 0.6 is 0 Å². The lowest BCUT2D eigenvalue weighted by Gasteiger charge is -2.30. The average molecular weight is 471 g/mol. The molecule has 34 heavy (non-hydrogen) atoms. The molecule has 0 amide bonds. The van der Waals surface area contributed by atoms with Gasteiger partial charge in [-0.25, -0.2) is 8.42 Å². The zero-order chi connectivity index (χ0) is 23.7. The largest absolute Gasteiger partial charge is 0.368 e. The molecule has 3 aliphatic rings. The molecule has 2 aliphatic carbocycles. The Morgan fingerprint density at radius 1 is 0.794 bits per heavy atom. The number of sulfone groups is 1. The monoisotopic (exact) mass is 470 g/mol. The van der Waals surface area contributed by atoms with Crippen molar-refractivity contribution < 1.29 is 8.42 Å². The number of rotatable bonds is 1. The van der Waals surface area contributed by atoms with Crippen molar-refractivity contribution in [3.8, 4) is 11.1 Å². The fourth-order valence-corrected chi connectivity index (χ4v) is 6.35. The molecule has 0 saturated carbocycles. The van der Waals surface area contributed by atoms with Gasteiger partial charge < -0.3 is 11.1 Å². The van der Waals surface area contributed by atoms with E-state index in [-0.39, 0.29) is 6.04 Å². The number of benzene rings is 3. The van der Waals surface area contributed by atoms with E-state index in [1.807, 2.05) is 30.6 Å². The van der Waals surface area contributed by atoms with Gasteiger partial charge in [-0.1, -0.05) is 48.5 Å². The molecule has 174 valence electrons. The van der Waals surface area contributed by atoms with E-state index in [4.69, 9.17) is 5.73 Å². The average Bonchev–Trinajstić information content (AvgIpc) is 3.09. The predicted octanol–water partition coefficient (Wildman–Crippen LogP) is 5.42. The molecule has 3 aromatic carbocycles. The van der Waals surface area contributed by atoms with Crippen molar-refractivity contribution in [3.05, 3.63) is 100 Å². The van der Waals surface area contributed by atoms with Gasteiger partial charge in [-0.05, 0) is 94.8 Å². The molecular weight excluding hydrogens is 440 g/mol. The van der Waals surface area contributed by atoms with Crippen LogP contribution in [0, 0.1) is 0 Å². The summed E-state index contributed by atoms with van der Waals surface area (Å²) in [5.41, 5.74) is 16.1. The summed E-state index contributed by atoms with van der Waals surface area (Å²) in [6.07, 6.45) is 14.3. The van der Waals surface area contributed by atoms with Crippen LogP contribution in [0.1, 0.15) is 52.3 Å². The van der Waals surface area contributed by atoms with Crippen LogP contribution in [0.5, 0.6) is 0 Å². The Morgan fingerprint density at radius 2 is 1.47 bits per heavy atom. The molecule has 0 spiro atoms. The number of nitrogens with two attached hydrogens (primary N) is 1. The first-order chi connectivity index (χ1) is 16.4. The zero-order valence-corrected chi connectivity index (χ0v) is 20.2. The Bertz CT molecular complexity index is 1370. The molecule has 3 N–H and O–H groups in total. The van der Waals surface area contributed by atoms with Gasteiger partial charge in [-0.3, -0.25) is 0 Å². The molecule has 1 atom stereocenters. The van der Waals surface area contributed by atoms with Crippen LogP contribution in [-0.2, 0) is 29.1 Å². The molecule has 6 rings (SSSR count). The van der Waals surface area contributed by atoms with Gasteiger partial charge in [0.05, 0.1) is 4.90 Å². The van der Waals surface area contributed by atoms with Crippen LogP contribution in [0.15, 0.2) is 71.9 Å². The lowest BCUT2D eigenvalue weighted by molar-refractivity contribution is 0.566. The van der Waals surface area contributed by atoms with Crippen molar-refractivity contribution in [1.29, 1.82) is 0 Å². The summed E-state index contributed by atoms with van der Waals surface area (Å²) in [6.45, 7) is 0. The van der Waals surface area contributed by atoms with Crippen LogP contribution in [0.3, 0.4) is 0 Å². The van der Waals surface area contributed by atoms with Gasteiger partial charge in [0, 0.05) is 24.7 Å². The fraction of sp³-hybridized carbons (Fsp3) is 0.241. The molecule has 4 nitrogen and oxygen atoms in total. The van der Waals surface area contributed by atoms with Gasteiger partial charge in [-0.2, -0.15) is 0 Å². The van der Waals surface area contributed by atoms with Crippen LogP contribution in [0.25, 0.3) is 23.3 Å². The SMILES string of the molecule is C1=Cc2ccccc2C=CN1.CS(=O)(=O)c1cccc2c1CCc1c-2ccc2c1CCCC2N. The lowest BCUT2D eigenvalue weighted by Crippen LogP contribution is -2.20. The Morgan fingerprint density at radius 3 is 2.18 bits per heavy atom. The van der Waals surface area contributed by atoms with Gasteiger partial charge in [0.2, 0.25) is 0 Å². The van der Waals surface area contributed by atoms with E-state index in [2.05, 4.69) is 47.8 Å². The zero-order valence-electron chi connectivity index (χ0n) is 19.4. The molecule has 1 heterocycles. The first-order valence-electron chi connectivity index (χ1n) is 11.8. The maximum Gasteiger partial charge on any atom is 0.175 e. The summed E-state index contributed by atoms with van der Waals surface area (Å²) in [5, 5.41) is 3.03. The van der Waals surface area contributed by atoms with E-state index in [0.717, 1.165) is 43.2 Å². The standard InChI is InChI=1S/C19H21NO2S.C10H9N/c1-23(21,22)19-7-3-5-13-15-8-10-16-12(4-2-6-18(16)20)14(15)9-11-17(13)19;1-2-4-10-6-8-11-7-5-9(10)3-1/h3,5,7-8,10,18H,2,4,6,9,11,20H2,1H3;1-8,11H. The van der Waals surface area contributed by atoms with Gasteiger partial charge in [0.1, 0.15) is 0 Å². The van der Waals surface area contributed by atoms with Crippen LogP contribution in [-0.4, -0.2) is 14.7 Å². The first-order valence-corrected chi connectivity index (χ1v) is 13.7. The molecule has 1 unspecified atom stereocenters. The van der Waals surface area contributed by atoms with Crippen molar-refractivity contribution in [2.24, 2.45) is 5.73 Å². The molecular formula is C29H30N2O2S. The maximum atomic E-state index is 12.1. The molecule has 0 saturated heterocycles. The van der Waals surface area contributed by atoms with Gasteiger partial charge in [-0.15, -0.1) is 0 Å². The van der Waals surface area contributed by atoms with Crippen molar-refractivity contribution >= 4 is 22.0 Å². The van der Waals surface area contributed by atoms with Crippen molar-refractivity contribution in [2.75, 3.05) is 6.26 Å². The Balaban J connectivity index is 0.000000183. The first kappa shape index (κ1) is 22.6. The summed E-state index contributed by atoms with van der Waals surface area (Å²) < 4.78 is 24.2. The van der Waals surface area contributed by atoms with E-state index < -0.39 is 9.84 Å². The highest BCUT2D eigenvalue weighted by molar-refractivity contribution is 7.90. The second-order valence-electron chi connectivity index (χ2n) is 9.17. The highest BCUT2D eigenvalue weighted by Crippen LogP contribution is 2.42. The van der Waals surface area contributed by atoms with E-state index in [1.165, 1.54) is 39.6 Å². The van der Waals surface area contributed by atoms with Gasteiger partial charge >= 0.3 is 0 Å².